The van der Waals surface area contributed by atoms with Gasteiger partial charge in [-0.05, 0) is 36.0 Å². The van der Waals surface area contributed by atoms with E-state index in [1.807, 2.05) is 59.1 Å². The molecule has 0 saturated heterocycles. The fourth-order valence-corrected chi connectivity index (χ4v) is 3.91. The lowest BCUT2D eigenvalue weighted by Crippen LogP contribution is -2.02. The summed E-state index contributed by atoms with van der Waals surface area (Å²) in [6, 6.07) is 14.4. The average Bonchev–Trinajstić information content (AvgIpc) is 3.45. The molecule has 8 heteroatoms. The molecule has 170 valence electrons. The Bertz CT molecular complexity index is 1430. The van der Waals surface area contributed by atoms with Gasteiger partial charge in [-0.3, -0.25) is 9.08 Å². The molecule has 4 heterocycles. The van der Waals surface area contributed by atoms with Gasteiger partial charge in [-0.15, -0.1) is 0 Å². The van der Waals surface area contributed by atoms with Crippen LogP contribution in [0.4, 0.5) is 5.82 Å². The third-order valence-electron chi connectivity index (χ3n) is 6.06. The Balaban J connectivity index is 1.15. The molecule has 0 radical (unpaired) electrons. The largest absolute Gasteiger partial charge is 0.493 e. The maximum atomic E-state index is 5.89. The Morgan fingerprint density at radius 3 is 2.68 bits per heavy atom. The quantitative estimate of drug-likeness (QED) is 0.372. The molecule has 1 N–H and O–H groups in total. The first-order valence-electron chi connectivity index (χ1n) is 11.5. The molecular formula is C26H25N7O. The molecule has 0 spiro atoms. The predicted octanol–water partition coefficient (Wildman–Crippen LogP) is 4.59. The van der Waals surface area contributed by atoms with Crippen molar-refractivity contribution < 1.29 is 4.74 Å². The van der Waals surface area contributed by atoms with Gasteiger partial charge in [-0.1, -0.05) is 24.3 Å². The number of hydrogen-bond acceptors (Lipinski definition) is 6. The summed E-state index contributed by atoms with van der Waals surface area (Å²) in [7, 11) is 1.92. The van der Waals surface area contributed by atoms with Gasteiger partial charge >= 0.3 is 0 Å². The van der Waals surface area contributed by atoms with Crippen molar-refractivity contribution in [3.63, 3.8) is 0 Å². The number of benzene rings is 1. The third-order valence-corrected chi connectivity index (χ3v) is 6.06. The number of fused-ring (bicyclic) bond motifs is 1. The molecule has 6 rings (SSSR count). The van der Waals surface area contributed by atoms with E-state index in [4.69, 9.17) is 4.74 Å². The van der Waals surface area contributed by atoms with Crippen LogP contribution in [0.5, 0.6) is 5.75 Å². The van der Waals surface area contributed by atoms with E-state index in [9.17, 15) is 0 Å². The second-order valence-corrected chi connectivity index (χ2v) is 8.73. The summed E-state index contributed by atoms with van der Waals surface area (Å²) in [6.07, 6.45) is 11.8. The lowest BCUT2D eigenvalue weighted by molar-refractivity contribution is 0.300. The third kappa shape index (κ3) is 4.34. The molecule has 0 aliphatic heterocycles. The molecule has 1 aliphatic rings. The lowest BCUT2D eigenvalue weighted by atomic mass is 10.1. The predicted molar refractivity (Wildman–Crippen MR) is 130 cm³/mol. The first kappa shape index (κ1) is 20.4. The van der Waals surface area contributed by atoms with Crippen LogP contribution in [0.1, 0.15) is 18.4 Å². The highest BCUT2D eigenvalue weighted by Crippen LogP contribution is 2.30. The maximum Gasteiger partial charge on any atom is 0.140 e. The zero-order valence-corrected chi connectivity index (χ0v) is 18.9. The monoisotopic (exact) mass is 451 g/mol. The summed E-state index contributed by atoms with van der Waals surface area (Å²) in [5.74, 6) is 2.34. The first-order valence-corrected chi connectivity index (χ1v) is 11.5. The SMILES string of the molecule is Cn1cc(-c2ccc(CNc3cc(-c4cnc5cc(OCC6CC6)ccn45)ncn3)cc2)cn1. The van der Waals surface area contributed by atoms with Gasteiger partial charge in [-0.25, -0.2) is 15.0 Å². The number of imidazole rings is 1. The Morgan fingerprint density at radius 2 is 1.88 bits per heavy atom. The number of rotatable bonds is 8. The van der Waals surface area contributed by atoms with Gasteiger partial charge in [0.15, 0.2) is 0 Å². The maximum absolute atomic E-state index is 5.89. The van der Waals surface area contributed by atoms with Gasteiger partial charge in [0.2, 0.25) is 0 Å². The number of nitrogens with one attached hydrogen (secondary N) is 1. The first-order chi connectivity index (χ1) is 16.7. The Morgan fingerprint density at radius 1 is 1.00 bits per heavy atom. The van der Waals surface area contributed by atoms with Gasteiger partial charge in [0.25, 0.3) is 0 Å². The van der Waals surface area contributed by atoms with Crippen molar-refractivity contribution in [2.24, 2.45) is 13.0 Å². The molecule has 34 heavy (non-hydrogen) atoms. The van der Waals surface area contributed by atoms with Crippen molar-refractivity contribution in [3.8, 4) is 28.3 Å². The summed E-state index contributed by atoms with van der Waals surface area (Å²) in [5.41, 5.74) is 5.98. The second kappa shape index (κ2) is 8.62. The van der Waals surface area contributed by atoms with E-state index in [1.54, 1.807) is 6.33 Å². The molecule has 1 aromatic carbocycles. The second-order valence-electron chi connectivity index (χ2n) is 8.73. The van der Waals surface area contributed by atoms with Crippen LogP contribution in [0.3, 0.4) is 0 Å². The molecule has 1 saturated carbocycles. The molecule has 1 aliphatic carbocycles. The van der Waals surface area contributed by atoms with E-state index in [0.29, 0.717) is 6.54 Å². The molecule has 1 fully saturated rings. The number of aryl methyl sites for hydroxylation is 1. The minimum Gasteiger partial charge on any atom is -0.493 e. The van der Waals surface area contributed by atoms with Gasteiger partial charge in [0.1, 0.15) is 23.5 Å². The molecule has 8 nitrogen and oxygen atoms in total. The Hall–Kier alpha value is -4.20. The summed E-state index contributed by atoms with van der Waals surface area (Å²) >= 11 is 0. The highest BCUT2D eigenvalue weighted by atomic mass is 16.5. The molecule has 0 atom stereocenters. The summed E-state index contributed by atoms with van der Waals surface area (Å²) in [6.45, 7) is 1.45. The number of aromatic nitrogens is 6. The van der Waals surface area contributed by atoms with Crippen LogP contribution in [0.2, 0.25) is 0 Å². The van der Waals surface area contributed by atoms with Crippen LogP contribution in [0, 0.1) is 5.92 Å². The van der Waals surface area contributed by atoms with Crippen LogP contribution in [-0.4, -0.2) is 35.7 Å². The average molecular weight is 452 g/mol. The molecular weight excluding hydrogens is 426 g/mol. The van der Waals surface area contributed by atoms with E-state index in [2.05, 4.69) is 49.6 Å². The topological polar surface area (TPSA) is 82.2 Å². The smallest absolute Gasteiger partial charge is 0.140 e. The summed E-state index contributed by atoms with van der Waals surface area (Å²) < 4.78 is 9.72. The van der Waals surface area contributed by atoms with Crippen molar-refractivity contribution in [1.82, 2.24) is 29.1 Å². The van der Waals surface area contributed by atoms with E-state index in [0.717, 1.165) is 52.3 Å². The normalized spacial score (nSPS) is 13.3. The number of hydrogen-bond donors (Lipinski definition) is 1. The minimum atomic E-state index is 0.665. The molecule has 0 amide bonds. The van der Waals surface area contributed by atoms with Gasteiger partial charge in [0, 0.05) is 43.7 Å². The number of nitrogens with zero attached hydrogens (tertiary/aromatic N) is 6. The Labute approximate surface area is 197 Å². The fourth-order valence-electron chi connectivity index (χ4n) is 3.91. The van der Waals surface area contributed by atoms with Gasteiger partial charge in [0.05, 0.1) is 30.4 Å². The molecule has 0 bridgehead atoms. The standard InChI is InChI=1S/C26H25N7O/c1-32-15-21(13-31-32)20-6-4-18(5-7-20)12-27-25-11-23(29-17-30-25)24-14-28-26-10-22(8-9-33(24)26)34-16-19-2-3-19/h4-11,13-15,17,19H,2-3,12,16H2,1H3,(H,27,29,30). The molecule has 5 aromatic rings. The van der Waals surface area contributed by atoms with Crippen LogP contribution in [0.15, 0.2) is 73.6 Å². The zero-order chi connectivity index (χ0) is 22.9. The lowest BCUT2D eigenvalue weighted by Gasteiger charge is -2.09. The van der Waals surface area contributed by atoms with Crippen LogP contribution in [0.25, 0.3) is 28.2 Å². The van der Waals surface area contributed by atoms with Crippen molar-refractivity contribution in [1.29, 1.82) is 0 Å². The van der Waals surface area contributed by atoms with E-state index in [-0.39, 0.29) is 0 Å². The minimum absolute atomic E-state index is 0.665. The summed E-state index contributed by atoms with van der Waals surface area (Å²) in [4.78, 5) is 13.4. The van der Waals surface area contributed by atoms with Gasteiger partial charge < -0.3 is 10.1 Å². The van der Waals surface area contributed by atoms with Crippen LogP contribution >= 0.6 is 0 Å². The highest BCUT2D eigenvalue weighted by Gasteiger charge is 2.22. The fraction of sp³-hybridized carbons (Fsp3) is 0.231. The van der Waals surface area contributed by atoms with Crippen molar-refractivity contribution >= 4 is 11.5 Å². The van der Waals surface area contributed by atoms with Gasteiger partial charge in [-0.2, -0.15) is 5.10 Å². The van der Waals surface area contributed by atoms with Crippen molar-refractivity contribution in [3.05, 3.63) is 79.1 Å². The number of pyridine rings is 1. The highest BCUT2D eigenvalue weighted by molar-refractivity contribution is 5.64. The van der Waals surface area contributed by atoms with E-state index in [1.165, 1.54) is 18.4 Å². The van der Waals surface area contributed by atoms with E-state index < -0.39 is 0 Å². The summed E-state index contributed by atoms with van der Waals surface area (Å²) in [5, 5.41) is 7.64. The number of ether oxygens (including phenoxy) is 1. The molecule has 0 unspecified atom stereocenters. The molecule has 4 aromatic heterocycles. The van der Waals surface area contributed by atoms with E-state index >= 15 is 0 Å². The van der Waals surface area contributed by atoms with Crippen LogP contribution < -0.4 is 10.1 Å². The van der Waals surface area contributed by atoms with Crippen molar-refractivity contribution in [2.45, 2.75) is 19.4 Å². The van der Waals surface area contributed by atoms with Crippen molar-refractivity contribution in [2.75, 3.05) is 11.9 Å². The number of anilines is 1. The zero-order valence-electron chi connectivity index (χ0n) is 18.9. The Kier molecular flexibility index (Phi) is 5.18. The van der Waals surface area contributed by atoms with Crippen LogP contribution in [-0.2, 0) is 13.6 Å².